The van der Waals surface area contributed by atoms with E-state index < -0.39 is 0 Å². The molecule has 0 radical (unpaired) electrons. The first-order valence-corrected chi connectivity index (χ1v) is 12.4. The Morgan fingerprint density at radius 3 is 1.97 bits per heavy atom. The third-order valence-corrected chi connectivity index (χ3v) is 8.36. The highest BCUT2D eigenvalue weighted by atomic mass is 14.4. The molecule has 164 valence electrons. The Labute approximate surface area is 205 Å². The second-order valence-electron chi connectivity index (χ2n) is 10.6. The summed E-state index contributed by atoms with van der Waals surface area (Å²) in [6.45, 7) is 4.70. The lowest BCUT2D eigenvalue weighted by Gasteiger charge is -2.21. The Bertz CT molecular complexity index is 1870. The molecule has 0 saturated carbocycles. The van der Waals surface area contributed by atoms with E-state index in [2.05, 4.69) is 123 Å². The molecule has 0 aliphatic heterocycles. The van der Waals surface area contributed by atoms with Crippen LogP contribution in [0.3, 0.4) is 0 Å². The summed E-state index contributed by atoms with van der Waals surface area (Å²) in [6, 6.07) is 41.0. The average molecular weight is 445 g/mol. The molecule has 8 rings (SSSR count). The lowest BCUT2D eigenvalue weighted by Crippen LogP contribution is -2.14. The number of hydrogen-bond acceptors (Lipinski definition) is 0. The number of rotatable bonds is 1. The molecule has 0 bridgehead atoms. The molecule has 0 spiro atoms. The van der Waals surface area contributed by atoms with Gasteiger partial charge >= 0.3 is 0 Å². The van der Waals surface area contributed by atoms with E-state index in [0.29, 0.717) is 0 Å². The maximum absolute atomic E-state index is 2.41. The van der Waals surface area contributed by atoms with Crippen molar-refractivity contribution < 1.29 is 0 Å². The molecule has 0 fully saturated rings. The van der Waals surface area contributed by atoms with Gasteiger partial charge in [-0.2, -0.15) is 0 Å². The summed E-state index contributed by atoms with van der Waals surface area (Å²) in [4.78, 5) is 0. The Morgan fingerprint density at radius 1 is 0.400 bits per heavy atom. The molecule has 0 saturated heterocycles. The Hall–Kier alpha value is -4.16. The van der Waals surface area contributed by atoms with Crippen molar-refractivity contribution in [2.45, 2.75) is 19.3 Å². The fourth-order valence-corrected chi connectivity index (χ4v) is 6.61. The minimum Gasteiger partial charge on any atom is -0.0619 e. The van der Waals surface area contributed by atoms with E-state index in [1.165, 1.54) is 77.2 Å². The van der Waals surface area contributed by atoms with Crippen LogP contribution in [0.2, 0.25) is 0 Å². The maximum Gasteiger partial charge on any atom is 0.0159 e. The standard InChI is InChI=1S/C35H24/c1-35(2)32-13-6-5-11-28(32)30-18-24-16-21(14-15-22(24)20-33(30)35)25-17-23-8-7-12-29-26-9-3-4-10-27(26)31(19-25)34(23)29/h3-20H,1-2H3. The predicted molar refractivity (Wildman–Crippen MR) is 149 cm³/mol. The molecule has 0 nitrogen and oxygen atoms in total. The Kier molecular flexibility index (Phi) is 3.56. The van der Waals surface area contributed by atoms with Crippen LogP contribution >= 0.6 is 0 Å². The molecule has 2 aliphatic rings. The van der Waals surface area contributed by atoms with Gasteiger partial charge in [0.15, 0.2) is 0 Å². The van der Waals surface area contributed by atoms with Gasteiger partial charge in [-0.05, 0) is 108 Å². The normalized spacial score (nSPS) is 14.2. The van der Waals surface area contributed by atoms with Crippen molar-refractivity contribution in [3.05, 3.63) is 120 Å². The molecular formula is C35H24. The van der Waals surface area contributed by atoms with Crippen LogP contribution in [0.15, 0.2) is 109 Å². The van der Waals surface area contributed by atoms with Gasteiger partial charge in [-0.15, -0.1) is 0 Å². The number of fused-ring (bicyclic) bond motifs is 7. The number of benzene rings is 6. The van der Waals surface area contributed by atoms with Crippen LogP contribution in [0, 0.1) is 0 Å². The van der Waals surface area contributed by atoms with E-state index in [1.807, 2.05) is 0 Å². The summed E-state index contributed by atoms with van der Waals surface area (Å²) < 4.78 is 0. The molecule has 6 aromatic carbocycles. The van der Waals surface area contributed by atoms with E-state index >= 15 is 0 Å². The average Bonchev–Trinajstić information content (AvgIpc) is 3.33. The summed E-state index contributed by atoms with van der Waals surface area (Å²) in [5.41, 5.74) is 13.6. The van der Waals surface area contributed by atoms with Crippen molar-refractivity contribution in [3.8, 4) is 44.5 Å². The zero-order chi connectivity index (χ0) is 23.3. The zero-order valence-corrected chi connectivity index (χ0v) is 19.9. The van der Waals surface area contributed by atoms with Crippen LogP contribution in [0.1, 0.15) is 25.0 Å². The van der Waals surface area contributed by atoms with E-state index in [1.54, 1.807) is 0 Å². The van der Waals surface area contributed by atoms with E-state index in [-0.39, 0.29) is 5.41 Å². The van der Waals surface area contributed by atoms with Gasteiger partial charge in [-0.3, -0.25) is 0 Å². The summed E-state index contributed by atoms with van der Waals surface area (Å²) in [7, 11) is 0. The summed E-state index contributed by atoms with van der Waals surface area (Å²) in [5.74, 6) is 0. The van der Waals surface area contributed by atoms with Gasteiger partial charge < -0.3 is 0 Å². The first kappa shape index (κ1) is 19.2. The fraction of sp³-hybridized carbons (Fsp3) is 0.0857. The van der Waals surface area contributed by atoms with Gasteiger partial charge in [0.1, 0.15) is 0 Å². The molecule has 35 heavy (non-hydrogen) atoms. The topological polar surface area (TPSA) is 0 Å². The summed E-state index contributed by atoms with van der Waals surface area (Å²) in [5, 5.41) is 5.32. The quantitative estimate of drug-likeness (QED) is 0.236. The summed E-state index contributed by atoms with van der Waals surface area (Å²) >= 11 is 0. The molecule has 0 atom stereocenters. The second-order valence-corrected chi connectivity index (χ2v) is 10.6. The van der Waals surface area contributed by atoms with Crippen LogP contribution in [0.4, 0.5) is 0 Å². The van der Waals surface area contributed by atoms with Crippen molar-refractivity contribution in [1.29, 1.82) is 0 Å². The SMILES string of the molecule is CC1(C)c2ccccc2-c2cc3cc(-c4cc5c6c(cccc6c4)-c4ccccc4-5)ccc3cc21. The van der Waals surface area contributed by atoms with Crippen molar-refractivity contribution in [1.82, 2.24) is 0 Å². The molecule has 6 aromatic rings. The van der Waals surface area contributed by atoms with E-state index in [9.17, 15) is 0 Å². The van der Waals surface area contributed by atoms with Crippen LogP contribution < -0.4 is 0 Å². The van der Waals surface area contributed by atoms with Crippen LogP contribution in [0.5, 0.6) is 0 Å². The molecule has 0 unspecified atom stereocenters. The number of hydrogen-bond donors (Lipinski definition) is 0. The largest absolute Gasteiger partial charge is 0.0619 e. The maximum atomic E-state index is 2.41. The monoisotopic (exact) mass is 444 g/mol. The molecule has 0 amide bonds. The molecule has 0 heteroatoms. The summed E-state index contributed by atoms with van der Waals surface area (Å²) in [6.07, 6.45) is 0. The van der Waals surface area contributed by atoms with Crippen LogP contribution in [-0.2, 0) is 5.41 Å². The minimum atomic E-state index is 0.0341. The lowest BCUT2D eigenvalue weighted by molar-refractivity contribution is 0.661. The molecule has 0 N–H and O–H groups in total. The van der Waals surface area contributed by atoms with E-state index in [0.717, 1.165) is 0 Å². The zero-order valence-electron chi connectivity index (χ0n) is 19.9. The second kappa shape index (κ2) is 6.49. The highest BCUT2D eigenvalue weighted by molar-refractivity contribution is 6.16. The van der Waals surface area contributed by atoms with Gasteiger partial charge in [0, 0.05) is 5.41 Å². The first-order valence-electron chi connectivity index (χ1n) is 12.4. The Morgan fingerprint density at radius 2 is 1.11 bits per heavy atom. The smallest absolute Gasteiger partial charge is 0.0159 e. The van der Waals surface area contributed by atoms with Crippen LogP contribution in [0.25, 0.3) is 66.1 Å². The van der Waals surface area contributed by atoms with Gasteiger partial charge in [-0.1, -0.05) is 92.7 Å². The minimum absolute atomic E-state index is 0.0341. The molecule has 0 heterocycles. The van der Waals surface area contributed by atoms with Gasteiger partial charge in [0.2, 0.25) is 0 Å². The van der Waals surface area contributed by atoms with Gasteiger partial charge in [0.05, 0.1) is 0 Å². The first-order chi connectivity index (χ1) is 17.1. The Balaban J connectivity index is 1.35. The highest BCUT2D eigenvalue weighted by Gasteiger charge is 2.35. The van der Waals surface area contributed by atoms with Crippen LogP contribution in [-0.4, -0.2) is 0 Å². The van der Waals surface area contributed by atoms with Gasteiger partial charge in [0.25, 0.3) is 0 Å². The predicted octanol–water partition coefficient (Wildman–Crippen LogP) is 9.61. The van der Waals surface area contributed by atoms with Gasteiger partial charge in [-0.25, -0.2) is 0 Å². The van der Waals surface area contributed by atoms with Crippen molar-refractivity contribution >= 4 is 21.5 Å². The lowest BCUT2D eigenvalue weighted by atomic mass is 9.82. The third-order valence-electron chi connectivity index (χ3n) is 8.36. The molecule has 0 aromatic heterocycles. The fourth-order valence-electron chi connectivity index (χ4n) is 6.61. The van der Waals surface area contributed by atoms with Crippen molar-refractivity contribution in [2.24, 2.45) is 0 Å². The highest BCUT2D eigenvalue weighted by Crippen LogP contribution is 2.51. The van der Waals surface area contributed by atoms with E-state index in [4.69, 9.17) is 0 Å². The molecular weight excluding hydrogens is 420 g/mol. The van der Waals surface area contributed by atoms with Crippen molar-refractivity contribution in [3.63, 3.8) is 0 Å². The third kappa shape index (κ3) is 2.47. The van der Waals surface area contributed by atoms with Crippen molar-refractivity contribution in [2.75, 3.05) is 0 Å². The molecule has 2 aliphatic carbocycles.